The number of hydrogen-bond acceptors (Lipinski definition) is 5. The number of carbonyl (C=O) groups is 2. The van der Waals surface area contributed by atoms with Gasteiger partial charge in [-0.2, -0.15) is 0 Å². The van der Waals surface area contributed by atoms with Crippen LogP contribution in [0.1, 0.15) is 52.7 Å². The molecule has 25 heavy (non-hydrogen) atoms. The monoisotopic (exact) mass is 346 g/mol. The number of phenols is 1. The molecule has 134 valence electrons. The number of esters is 1. The molecule has 6 nitrogen and oxygen atoms in total. The Bertz CT molecular complexity index is 762. The molecule has 0 radical (unpaired) electrons. The molecule has 1 fully saturated rings. The van der Waals surface area contributed by atoms with E-state index >= 15 is 0 Å². The SMILES string of the molecule is COc1c(C)c2c(c(O)c1C/C=C1\CCC[C@H]1CC(=O)O)C(=O)OC2. The van der Waals surface area contributed by atoms with Crippen LogP contribution in [0.3, 0.4) is 0 Å². The summed E-state index contributed by atoms with van der Waals surface area (Å²) in [4.78, 5) is 22.9. The van der Waals surface area contributed by atoms with Crippen LogP contribution in [-0.2, 0) is 22.6 Å². The largest absolute Gasteiger partial charge is 0.507 e. The first-order valence-electron chi connectivity index (χ1n) is 8.43. The van der Waals surface area contributed by atoms with Gasteiger partial charge in [-0.25, -0.2) is 4.79 Å². The summed E-state index contributed by atoms with van der Waals surface area (Å²) in [6, 6.07) is 0. The molecule has 1 aromatic rings. The van der Waals surface area contributed by atoms with Gasteiger partial charge in [-0.1, -0.05) is 11.6 Å². The van der Waals surface area contributed by atoms with Crippen molar-refractivity contribution in [2.45, 2.75) is 45.6 Å². The van der Waals surface area contributed by atoms with E-state index in [1.807, 2.05) is 13.0 Å². The second kappa shape index (κ2) is 6.78. The van der Waals surface area contributed by atoms with Crippen molar-refractivity contribution in [3.05, 3.63) is 33.9 Å². The second-order valence-corrected chi connectivity index (χ2v) is 6.59. The van der Waals surface area contributed by atoms with Gasteiger partial charge in [0.15, 0.2) is 0 Å². The van der Waals surface area contributed by atoms with Gasteiger partial charge in [0, 0.05) is 11.1 Å². The van der Waals surface area contributed by atoms with Crippen molar-refractivity contribution in [2.24, 2.45) is 5.92 Å². The van der Waals surface area contributed by atoms with Crippen molar-refractivity contribution in [1.82, 2.24) is 0 Å². The Morgan fingerprint density at radius 2 is 2.20 bits per heavy atom. The highest BCUT2D eigenvalue weighted by atomic mass is 16.5. The van der Waals surface area contributed by atoms with E-state index < -0.39 is 11.9 Å². The number of allylic oxidation sites excluding steroid dienone is 2. The third kappa shape index (κ3) is 3.08. The smallest absolute Gasteiger partial charge is 0.342 e. The number of methoxy groups -OCH3 is 1. The van der Waals surface area contributed by atoms with Crippen molar-refractivity contribution in [2.75, 3.05) is 7.11 Å². The van der Waals surface area contributed by atoms with Crippen molar-refractivity contribution in [3.8, 4) is 11.5 Å². The molecule has 2 N–H and O–H groups in total. The molecule has 1 aliphatic carbocycles. The van der Waals surface area contributed by atoms with Gasteiger partial charge in [0.2, 0.25) is 0 Å². The quantitative estimate of drug-likeness (QED) is 0.628. The van der Waals surface area contributed by atoms with Gasteiger partial charge in [0.25, 0.3) is 0 Å². The number of phenolic OH excluding ortho intramolecular Hbond substituents is 1. The molecule has 0 saturated heterocycles. The van der Waals surface area contributed by atoms with E-state index in [0.29, 0.717) is 23.3 Å². The van der Waals surface area contributed by atoms with Crippen LogP contribution < -0.4 is 4.74 Å². The zero-order valence-electron chi connectivity index (χ0n) is 14.4. The fraction of sp³-hybridized carbons (Fsp3) is 0.474. The van der Waals surface area contributed by atoms with Crippen LogP contribution in [0, 0.1) is 12.8 Å². The highest BCUT2D eigenvalue weighted by Crippen LogP contribution is 2.42. The third-order valence-corrected chi connectivity index (χ3v) is 5.18. The number of carbonyl (C=O) groups excluding carboxylic acids is 1. The molecule has 2 aliphatic rings. The minimum atomic E-state index is -0.797. The summed E-state index contributed by atoms with van der Waals surface area (Å²) in [5.41, 5.74) is 3.33. The standard InChI is InChI=1S/C19H22O6/c1-10-14-9-25-19(23)16(14)17(22)13(18(10)24-2)7-6-11-4-3-5-12(11)8-15(20)21/h6,12,22H,3-5,7-9H2,1-2H3,(H,20,21)/b11-6+/t12-/m0/s1. The van der Waals surface area contributed by atoms with Crippen LogP contribution >= 0.6 is 0 Å². The Balaban J connectivity index is 1.96. The van der Waals surface area contributed by atoms with Gasteiger partial charge >= 0.3 is 11.9 Å². The van der Waals surface area contributed by atoms with Crippen LogP contribution in [0.4, 0.5) is 0 Å². The topological polar surface area (TPSA) is 93.1 Å². The molecule has 1 aliphatic heterocycles. The molecular weight excluding hydrogens is 324 g/mol. The maximum atomic E-state index is 11.9. The van der Waals surface area contributed by atoms with E-state index in [-0.39, 0.29) is 30.3 Å². The number of ether oxygens (including phenoxy) is 2. The van der Waals surface area contributed by atoms with Gasteiger partial charge in [0.1, 0.15) is 23.7 Å². The maximum Gasteiger partial charge on any atom is 0.342 e. The number of aliphatic carboxylic acids is 1. The first-order valence-corrected chi connectivity index (χ1v) is 8.43. The number of fused-ring (bicyclic) bond motifs is 1. The lowest BCUT2D eigenvalue weighted by molar-refractivity contribution is -0.137. The van der Waals surface area contributed by atoms with Crippen LogP contribution in [0.5, 0.6) is 11.5 Å². The van der Waals surface area contributed by atoms with E-state index in [1.54, 1.807) is 0 Å². The predicted octanol–water partition coefficient (Wildman–Crippen LogP) is 3.12. The summed E-state index contributed by atoms with van der Waals surface area (Å²) in [5, 5.41) is 19.6. The predicted molar refractivity (Wildman–Crippen MR) is 89.9 cm³/mol. The fourth-order valence-corrected chi connectivity index (χ4v) is 3.92. The lowest BCUT2D eigenvalue weighted by Gasteiger charge is -2.16. The second-order valence-electron chi connectivity index (χ2n) is 6.59. The zero-order valence-corrected chi connectivity index (χ0v) is 14.4. The maximum absolute atomic E-state index is 11.9. The minimum Gasteiger partial charge on any atom is -0.507 e. The van der Waals surface area contributed by atoms with Crippen LogP contribution in [0.25, 0.3) is 0 Å². The molecule has 6 heteroatoms. The summed E-state index contributed by atoms with van der Waals surface area (Å²) in [6.07, 6.45) is 5.21. The number of hydrogen-bond donors (Lipinski definition) is 2. The first-order chi connectivity index (χ1) is 11.9. The van der Waals surface area contributed by atoms with E-state index in [0.717, 1.165) is 30.4 Å². The summed E-state index contributed by atoms with van der Waals surface area (Å²) in [5.74, 6) is -0.805. The number of rotatable bonds is 5. The lowest BCUT2D eigenvalue weighted by Crippen LogP contribution is -2.06. The first kappa shape index (κ1) is 17.3. The summed E-state index contributed by atoms with van der Waals surface area (Å²) in [6.45, 7) is 1.99. The molecule has 1 atom stereocenters. The summed E-state index contributed by atoms with van der Waals surface area (Å²) in [7, 11) is 1.53. The Labute approximate surface area is 146 Å². The van der Waals surface area contributed by atoms with E-state index in [4.69, 9.17) is 14.6 Å². The van der Waals surface area contributed by atoms with E-state index in [1.165, 1.54) is 7.11 Å². The molecule has 0 bridgehead atoms. The summed E-state index contributed by atoms with van der Waals surface area (Å²) >= 11 is 0. The van der Waals surface area contributed by atoms with E-state index in [9.17, 15) is 14.7 Å². The molecule has 0 unspecified atom stereocenters. The Kier molecular flexibility index (Phi) is 4.70. The Morgan fingerprint density at radius 3 is 2.88 bits per heavy atom. The van der Waals surface area contributed by atoms with Gasteiger partial charge in [-0.05, 0) is 44.1 Å². The van der Waals surface area contributed by atoms with Crippen molar-refractivity contribution < 1.29 is 29.3 Å². The molecule has 0 amide bonds. The van der Waals surface area contributed by atoms with Crippen molar-refractivity contribution in [3.63, 3.8) is 0 Å². The van der Waals surface area contributed by atoms with Crippen LogP contribution in [-0.4, -0.2) is 29.3 Å². The highest BCUT2D eigenvalue weighted by molar-refractivity contribution is 5.98. The molecule has 0 aromatic heterocycles. The van der Waals surface area contributed by atoms with Gasteiger partial charge in [-0.3, -0.25) is 4.79 Å². The molecule has 1 aromatic carbocycles. The number of aromatic hydroxyl groups is 1. The average Bonchev–Trinajstić information content (AvgIpc) is 3.15. The van der Waals surface area contributed by atoms with Crippen molar-refractivity contribution in [1.29, 1.82) is 0 Å². The highest BCUT2D eigenvalue weighted by Gasteiger charge is 2.32. The van der Waals surface area contributed by atoms with Crippen LogP contribution in [0.15, 0.2) is 11.6 Å². The Hall–Kier alpha value is -2.50. The summed E-state index contributed by atoms with van der Waals surface area (Å²) < 4.78 is 10.5. The lowest BCUT2D eigenvalue weighted by atomic mass is 9.93. The molecular formula is C19H22O6. The average molecular weight is 346 g/mol. The third-order valence-electron chi connectivity index (χ3n) is 5.18. The van der Waals surface area contributed by atoms with E-state index in [2.05, 4.69) is 0 Å². The number of benzene rings is 1. The van der Waals surface area contributed by atoms with Gasteiger partial charge < -0.3 is 19.7 Å². The van der Waals surface area contributed by atoms with Gasteiger partial charge in [0.05, 0.1) is 13.5 Å². The van der Waals surface area contributed by atoms with Gasteiger partial charge in [-0.15, -0.1) is 0 Å². The molecule has 1 heterocycles. The number of cyclic esters (lactones) is 1. The minimum absolute atomic E-state index is 0.0473. The molecule has 3 rings (SSSR count). The van der Waals surface area contributed by atoms with Crippen molar-refractivity contribution >= 4 is 11.9 Å². The number of carboxylic acid groups (broad SMARTS) is 1. The normalized spacial score (nSPS) is 20.6. The number of carboxylic acids is 1. The van der Waals surface area contributed by atoms with Crippen LogP contribution in [0.2, 0.25) is 0 Å². The molecule has 0 spiro atoms. The fourth-order valence-electron chi connectivity index (χ4n) is 3.92. The zero-order chi connectivity index (χ0) is 18.1. The molecule has 1 saturated carbocycles. The Morgan fingerprint density at radius 1 is 1.44 bits per heavy atom.